The second-order valence-electron chi connectivity index (χ2n) is 10.8. The van der Waals surface area contributed by atoms with Crippen molar-refractivity contribution in [1.82, 2.24) is 9.97 Å². The van der Waals surface area contributed by atoms with E-state index in [1.807, 2.05) is 24.5 Å². The van der Waals surface area contributed by atoms with Crippen LogP contribution in [0.15, 0.2) is 134 Å². The first kappa shape index (κ1) is 25.4. The molecule has 0 saturated carbocycles. The third kappa shape index (κ3) is 3.83. The molecule has 202 valence electrons. The Hall–Kier alpha value is -6.36. The maximum atomic E-state index is 9.65. The van der Waals surface area contributed by atoms with Crippen molar-refractivity contribution in [3.8, 4) is 45.5 Å². The number of rotatable bonds is 3. The number of pyridine rings is 2. The van der Waals surface area contributed by atoms with Crippen LogP contribution >= 0.6 is 0 Å². The number of nitriles is 2. The standard InChI is InChI=1S/C40H22N4/c41-19-25-17-27(23-43-21-25)37-29-9-1-5-13-33(29)39(34-14-6-2-10-30(34)37)40-35-15-7-3-11-31(35)38(32-12-4-8-16-36(32)40)28-18-26(20-42)22-44-24-28/h1-18,21-24H. The van der Waals surface area contributed by atoms with E-state index >= 15 is 0 Å². The topological polar surface area (TPSA) is 73.4 Å². The van der Waals surface area contributed by atoms with Gasteiger partial charge in [0.05, 0.1) is 11.1 Å². The molecule has 2 aromatic heterocycles. The van der Waals surface area contributed by atoms with Crippen LogP contribution < -0.4 is 0 Å². The van der Waals surface area contributed by atoms with Crippen LogP contribution in [0.1, 0.15) is 11.1 Å². The summed E-state index contributed by atoms with van der Waals surface area (Å²) in [5.74, 6) is 0. The van der Waals surface area contributed by atoms with Gasteiger partial charge in [0.2, 0.25) is 0 Å². The van der Waals surface area contributed by atoms with Gasteiger partial charge < -0.3 is 0 Å². The van der Waals surface area contributed by atoms with Crippen LogP contribution in [0.3, 0.4) is 0 Å². The summed E-state index contributed by atoms with van der Waals surface area (Å²) < 4.78 is 0. The summed E-state index contributed by atoms with van der Waals surface area (Å²) in [6.07, 6.45) is 6.89. The Labute approximate surface area is 253 Å². The first-order chi connectivity index (χ1) is 21.8. The number of hydrogen-bond donors (Lipinski definition) is 0. The van der Waals surface area contributed by atoms with Gasteiger partial charge in [0.25, 0.3) is 0 Å². The third-order valence-electron chi connectivity index (χ3n) is 8.43. The first-order valence-electron chi connectivity index (χ1n) is 14.3. The highest BCUT2D eigenvalue weighted by Crippen LogP contribution is 2.49. The van der Waals surface area contributed by atoms with Gasteiger partial charge in [-0.15, -0.1) is 0 Å². The van der Waals surface area contributed by atoms with Crippen LogP contribution in [0.25, 0.3) is 76.5 Å². The minimum Gasteiger partial charge on any atom is -0.263 e. The molecule has 8 rings (SSSR count). The molecule has 0 aliphatic rings. The van der Waals surface area contributed by atoms with Gasteiger partial charge in [-0.25, -0.2) is 0 Å². The van der Waals surface area contributed by atoms with Crippen LogP contribution in [-0.4, -0.2) is 9.97 Å². The molecule has 0 saturated heterocycles. The lowest BCUT2D eigenvalue weighted by Crippen LogP contribution is -1.95. The van der Waals surface area contributed by atoms with E-state index in [1.54, 1.807) is 12.4 Å². The highest BCUT2D eigenvalue weighted by atomic mass is 14.6. The SMILES string of the molecule is N#Cc1cncc(-c2c3ccccc3c(-c3c4ccccc4c(-c4cncc(C#N)c4)c4ccccc34)c3ccccc23)c1. The summed E-state index contributed by atoms with van der Waals surface area (Å²) in [6, 6.07) is 42.4. The van der Waals surface area contributed by atoms with Crippen molar-refractivity contribution in [2.75, 3.05) is 0 Å². The van der Waals surface area contributed by atoms with Gasteiger partial charge in [-0.1, -0.05) is 97.1 Å². The predicted molar refractivity (Wildman–Crippen MR) is 178 cm³/mol. The molecule has 44 heavy (non-hydrogen) atoms. The molecule has 2 heterocycles. The van der Waals surface area contributed by atoms with E-state index in [0.717, 1.165) is 76.5 Å². The van der Waals surface area contributed by atoms with Gasteiger partial charge in [0.1, 0.15) is 12.1 Å². The molecule has 0 unspecified atom stereocenters. The van der Waals surface area contributed by atoms with Crippen molar-refractivity contribution in [2.45, 2.75) is 0 Å². The van der Waals surface area contributed by atoms with E-state index in [2.05, 4.69) is 119 Å². The molecule has 0 spiro atoms. The first-order valence-corrected chi connectivity index (χ1v) is 14.3. The fourth-order valence-corrected chi connectivity index (χ4v) is 6.69. The van der Waals surface area contributed by atoms with Crippen LogP contribution in [-0.2, 0) is 0 Å². The molecule has 0 amide bonds. The molecule has 4 nitrogen and oxygen atoms in total. The second-order valence-corrected chi connectivity index (χ2v) is 10.8. The van der Waals surface area contributed by atoms with E-state index in [9.17, 15) is 10.5 Å². The van der Waals surface area contributed by atoms with E-state index < -0.39 is 0 Å². The van der Waals surface area contributed by atoms with Crippen molar-refractivity contribution in [2.24, 2.45) is 0 Å². The van der Waals surface area contributed by atoms with Crippen molar-refractivity contribution in [1.29, 1.82) is 10.5 Å². The van der Waals surface area contributed by atoms with Crippen LogP contribution in [0, 0.1) is 22.7 Å². The molecular formula is C40H22N4. The third-order valence-corrected chi connectivity index (χ3v) is 8.43. The highest BCUT2D eigenvalue weighted by molar-refractivity contribution is 6.29. The van der Waals surface area contributed by atoms with Gasteiger partial charge in [-0.05, 0) is 77.5 Å². The molecule has 4 heteroatoms. The Morgan fingerprint density at radius 2 is 0.636 bits per heavy atom. The summed E-state index contributed by atoms with van der Waals surface area (Å²) in [5.41, 5.74) is 7.34. The Balaban J connectivity index is 1.58. The van der Waals surface area contributed by atoms with E-state index in [4.69, 9.17) is 0 Å². The zero-order valence-electron chi connectivity index (χ0n) is 23.5. The average Bonchev–Trinajstić information content (AvgIpc) is 3.09. The lowest BCUT2D eigenvalue weighted by atomic mass is 9.81. The summed E-state index contributed by atoms with van der Waals surface area (Å²) >= 11 is 0. The lowest BCUT2D eigenvalue weighted by molar-refractivity contribution is 1.30. The second kappa shape index (κ2) is 10.2. The smallest absolute Gasteiger partial charge is 0.101 e. The Morgan fingerprint density at radius 1 is 0.364 bits per heavy atom. The number of nitrogens with zero attached hydrogens (tertiary/aromatic N) is 4. The van der Waals surface area contributed by atoms with Gasteiger partial charge in [0.15, 0.2) is 0 Å². The molecule has 6 aromatic carbocycles. The molecule has 0 radical (unpaired) electrons. The van der Waals surface area contributed by atoms with Crippen molar-refractivity contribution in [3.05, 3.63) is 145 Å². The fourth-order valence-electron chi connectivity index (χ4n) is 6.69. The minimum absolute atomic E-state index is 0.530. The molecule has 0 fully saturated rings. The van der Waals surface area contributed by atoms with Gasteiger partial charge in [0, 0.05) is 35.9 Å². The fraction of sp³-hybridized carbons (Fsp3) is 0. The molecular weight excluding hydrogens is 536 g/mol. The number of benzene rings is 6. The average molecular weight is 559 g/mol. The quantitative estimate of drug-likeness (QED) is 0.202. The van der Waals surface area contributed by atoms with Crippen LogP contribution in [0.4, 0.5) is 0 Å². The predicted octanol–water partition coefficient (Wildman–Crippen LogP) is 9.83. The Kier molecular flexibility index (Phi) is 5.86. The maximum absolute atomic E-state index is 9.65. The van der Waals surface area contributed by atoms with E-state index in [-0.39, 0.29) is 0 Å². The molecule has 0 aliphatic carbocycles. The zero-order chi connectivity index (χ0) is 29.6. The Bertz CT molecular complexity index is 2240. The van der Waals surface area contributed by atoms with Gasteiger partial charge in [-0.2, -0.15) is 10.5 Å². The maximum Gasteiger partial charge on any atom is 0.101 e. The number of aromatic nitrogens is 2. The lowest BCUT2D eigenvalue weighted by Gasteiger charge is -2.22. The van der Waals surface area contributed by atoms with Gasteiger partial charge >= 0.3 is 0 Å². The Morgan fingerprint density at radius 3 is 0.909 bits per heavy atom. The van der Waals surface area contributed by atoms with Crippen molar-refractivity contribution >= 4 is 43.1 Å². The normalized spacial score (nSPS) is 11.1. The molecule has 0 N–H and O–H groups in total. The summed E-state index contributed by atoms with van der Waals surface area (Å²) in [7, 11) is 0. The van der Waals surface area contributed by atoms with Gasteiger partial charge in [-0.3, -0.25) is 9.97 Å². The molecule has 0 atom stereocenters. The highest BCUT2D eigenvalue weighted by Gasteiger charge is 2.22. The van der Waals surface area contributed by atoms with E-state index in [0.29, 0.717) is 11.1 Å². The minimum atomic E-state index is 0.530. The zero-order valence-corrected chi connectivity index (χ0v) is 23.5. The molecule has 0 bridgehead atoms. The number of hydrogen-bond acceptors (Lipinski definition) is 4. The summed E-state index contributed by atoms with van der Waals surface area (Å²) in [6.45, 7) is 0. The monoisotopic (exact) mass is 558 g/mol. The van der Waals surface area contributed by atoms with Crippen LogP contribution in [0.5, 0.6) is 0 Å². The van der Waals surface area contributed by atoms with Crippen molar-refractivity contribution < 1.29 is 0 Å². The summed E-state index contributed by atoms with van der Waals surface area (Å²) in [4.78, 5) is 8.82. The molecule has 8 aromatic rings. The van der Waals surface area contributed by atoms with Crippen molar-refractivity contribution in [3.63, 3.8) is 0 Å². The molecule has 0 aliphatic heterocycles. The van der Waals surface area contributed by atoms with Crippen LogP contribution in [0.2, 0.25) is 0 Å². The largest absolute Gasteiger partial charge is 0.263 e. The number of fused-ring (bicyclic) bond motifs is 4. The summed E-state index contributed by atoms with van der Waals surface area (Å²) in [5, 5.41) is 28.2. The van der Waals surface area contributed by atoms with E-state index in [1.165, 1.54) is 0 Å².